The average Bonchev–Trinajstić information content (AvgIpc) is 3.25. The lowest BCUT2D eigenvalue weighted by Crippen LogP contribution is -2.41. The smallest absolute Gasteiger partial charge is 0.274 e. The summed E-state index contributed by atoms with van der Waals surface area (Å²) in [5.74, 6) is -0.315. The molecule has 0 saturated carbocycles. The molecule has 1 saturated heterocycles. The van der Waals surface area contributed by atoms with Crippen molar-refractivity contribution in [3.05, 3.63) is 68.9 Å². The third kappa shape index (κ3) is 6.01. The maximum Gasteiger partial charge on any atom is 0.274 e. The zero-order valence-electron chi connectivity index (χ0n) is 23.1. The topological polar surface area (TPSA) is 146 Å². The summed E-state index contributed by atoms with van der Waals surface area (Å²) in [6, 6.07) is 8.70. The van der Waals surface area contributed by atoms with Gasteiger partial charge >= 0.3 is 0 Å². The number of sulfonamides is 1. The van der Waals surface area contributed by atoms with Gasteiger partial charge in [0.1, 0.15) is 10.6 Å². The molecule has 13 heteroatoms. The number of benzene rings is 2. The first kappa shape index (κ1) is 29.2. The Balaban J connectivity index is 1.89. The van der Waals surface area contributed by atoms with Gasteiger partial charge in [-0.1, -0.05) is 19.1 Å². The highest BCUT2D eigenvalue weighted by Crippen LogP contribution is 2.36. The van der Waals surface area contributed by atoms with E-state index < -0.39 is 31.6 Å². The van der Waals surface area contributed by atoms with E-state index >= 15 is 0 Å². The van der Waals surface area contributed by atoms with Crippen LogP contribution in [-0.4, -0.2) is 66.3 Å². The zero-order chi connectivity index (χ0) is 29.2. The van der Waals surface area contributed by atoms with Crippen molar-refractivity contribution in [1.29, 1.82) is 0 Å². The van der Waals surface area contributed by atoms with Crippen molar-refractivity contribution in [1.82, 2.24) is 19.4 Å². The van der Waals surface area contributed by atoms with Crippen LogP contribution in [0.4, 0.5) is 5.69 Å². The molecule has 0 unspecified atom stereocenters. The average molecular weight is 572 g/mol. The summed E-state index contributed by atoms with van der Waals surface area (Å²) in [5, 5.41) is 16.1. The first-order valence-corrected chi connectivity index (χ1v) is 14.4. The fraction of sp³-hybridized carbons (Fsp3) is 0.407. The standard InChI is InChI=1S/C27H33N5O7S/c1-6-19(4)29-40(36,37)24-16-21(32(34)35)9-10-23(24)39-27-20(5)25(26(33)30-11-13-38-14-12-30)28-31(27)22-15-17(2)7-8-18(22)3/h7-10,15-16,19,29H,6,11-14H2,1-5H3/t19-/m0/s1. The molecular formula is C27H33N5O7S. The summed E-state index contributed by atoms with van der Waals surface area (Å²) >= 11 is 0. The lowest BCUT2D eigenvalue weighted by Gasteiger charge is -2.26. The molecule has 1 fully saturated rings. The van der Waals surface area contributed by atoms with Crippen molar-refractivity contribution in [2.24, 2.45) is 0 Å². The minimum atomic E-state index is -4.21. The molecule has 1 atom stereocenters. The first-order chi connectivity index (χ1) is 18.9. The van der Waals surface area contributed by atoms with Crippen molar-refractivity contribution in [2.75, 3.05) is 26.3 Å². The van der Waals surface area contributed by atoms with Crippen LogP contribution in [0.2, 0.25) is 0 Å². The fourth-order valence-corrected chi connectivity index (χ4v) is 5.72. The monoisotopic (exact) mass is 571 g/mol. The summed E-state index contributed by atoms with van der Waals surface area (Å²) in [6.45, 7) is 10.6. The molecule has 0 bridgehead atoms. The van der Waals surface area contributed by atoms with Crippen molar-refractivity contribution in [3.8, 4) is 17.3 Å². The summed E-state index contributed by atoms with van der Waals surface area (Å²) in [5.41, 5.74) is 2.58. The summed E-state index contributed by atoms with van der Waals surface area (Å²) < 4.78 is 42.3. The van der Waals surface area contributed by atoms with Crippen molar-refractivity contribution < 1.29 is 27.6 Å². The molecule has 40 heavy (non-hydrogen) atoms. The van der Waals surface area contributed by atoms with E-state index in [4.69, 9.17) is 9.47 Å². The largest absolute Gasteiger partial charge is 0.437 e. The third-order valence-electron chi connectivity index (χ3n) is 6.77. The number of carbonyl (C=O) groups excluding carboxylic acids is 1. The normalized spacial score (nSPS) is 14.7. The summed E-state index contributed by atoms with van der Waals surface area (Å²) in [6.07, 6.45) is 0.510. The van der Waals surface area contributed by atoms with Gasteiger partial charge in [-0.3, -0.25) is 14.9 Å². The molecule has 4 rings (SSSR count). The van der Waals surface area contributed by atoms with Crippen LogP contribution in [0.5, 0.6) is 11.6 Å². The number of carbonyl (C=O) groups is 1. The number of hydrogen-bond acceptors (Lipinski definition) is 8. The van der Waals surface area contributed by atoms with Gasteiger partial charge in [0.2, 0.25) is 15.9 Å². The van der Waals surface area contributed by atoms with Gasteiger partial charge in [-0.05, 0) is 57.4 Å². The highest BCUT2D eigenvalue weighted by Gasteiger charge is 2.30. The van der Waals surface area contributed by atoms with Crippen molar-refractivity contribution in [3.63, 3.8) is 0 Å². The minimum Gasteiger partial charge on any atom is -0.437 e. The van der Waals surface area contributed by atoms with Gasteiger partial charge in [0, 0.05) is 36.8 Å². The van der Waals surface area contributed by atoms with Crippen LogP contribution < -0.4 is 9.46 Å². The molecule has 1 N–H and O–H groups in total. The van der Waals surface area contributed by atoms with E-state index in [1.165, 1.54) is 16.8 Å². The van der Waals surface area contributed by atoms with E-state index in [9.17, 15) is 23.3 Å². The minimum absolute atomic E-state index is 0.124. The van der Waals surface area contributed by atoms with E-state index in [1.807, 2.05) is 39.0 Å². The molecule has 214 valence electrons. The van der Waals surface area contributed by atoms with Crippen LogP contribution in [0.15, 0.2) is 41.3 Å². The number of non-ortho nitro benzene ring substituents is 1. The lowest BCUT2D eigenvalue weighted by atomic mass is 10.1. The van der Waals surface area contributed by atoms with Crippen molar-refractivity contribution >= 4 is 21.6 Å². The Morgan fingerprint density at radius 2 is 1.88 bits per heavy atom. The maximum absolute atomic E-state index is 13.5. The number of nitro groups is 1. The maximum atomic E-state index is 13.5. The molecule has 2 heterocycles. The van der Waals surface area contributed by atoms with Gasteiger partial charge in [-0.15, -0.1) is 0 Å². The second kappa shape index (κ2) is 11.7. The summed E-state index contributed by atoms with van der Waals surface area (Å²) in [7, 11) is -4.21. The third-order valence-corrected chi connectivity index (χ3v) is 8.38. The Kier molecular flexibility index (Phi) is 8.57. The van der Waals surface area contributed by atoms with Gasteiger partial charge < -0.3 is 14.4 Å². The first-order valence-electron chi connectivity index (χ1n) is 13.0. The number of nitrogens with one attached hydrogen (secondary N) is 1. The Labute approximate surface area is 233 Å². The van der Waals surface area contributed by atoms with Gasteiger partial charge in [0.15, 0.2) is 5.69 Å². The Morgan fingerprint density at radius 1 is 1.18 bits per heavy atom. The molecule has 0 spiro atoms. The number of rotatable bonds is 9. The van der Waals surface area contributed by atoms with E-state index in [0.29, 0.717) is 44.0 Å². The Hall–Kier alpha value is -3.81. The van der Waals surface area contributed by atoms with Crippen LogP contribution in [0, 0.1) is 30.9 Å². The molecule has 3 aromatic rings. The molecule has 0 radical (unpaired) electrons. The zero-order valence-corrected chi connectivity index (χ0v) is 23.9. The predicted octanol–water partition coefficient (Wildman–Crippen LogP) is 4.05. The van der Waals surface area contributed by atoms with E-state index in [0.717, 1.165) is 17.2 Å². The van der Waals surface area contributed by atoms with Gasteiger partial charge in [0.25, 0.3) is 11.6 Å². The molecular weight excluding hydrogens is 538 g/mol. The van der Waals surface area contributed by atoms with Gasteiger partial charge in [0.05, 0.1) is 23.8 Å². The number of morpholine rings is 1. The van der Waals surface area contributed by atoms with Gasteiger partial charge in [-0.25, -0.2) is 13.1 Å². The van der Waals surface area contributed by atoms with E-state index in [2.05, 4.69) is 9.82 Å². The van der Waals surface area contributed by atoms with E-state index in [-0.39, 0.29) is 23.2 Å². The molecule has 1 amide bonds. The fourth-order valence-electron chi connectivity index (χ4n) is 4.25. The van der Waals surface area contributed by atoms with Crippen LogP contribution >= 0.6 is 0 Å². The van der Waals surface area contributed by atoms with Crippen LogP contribution in [0.25, 0.3) is 5.69 Å². The highest BCUT2D eigenvalue weighted by molar-refractivity contribution is 7.89. The van der Waals surface area contributed by atoms with Crippen LogP contribution in [0.3, 0.4) is 0 Å². The molecule has 1 aliphatic rings. The number of aryl methyl sites for hydroxylation is 2. The second-order valence-electron chi connectivity index (χ2n) is 9.81. The Morgan fingerprint density at radius 3 is 2.52 bits per heavy atom. The molecule has 1 aliphatic heterocycles. The molecule has 2 aromatic carbocycles. The number of nitrogens with zero attached hydrogens (tertiary/aromatic N) is 4. The highest BCUT2D eigenvalue weighted by atomic mass is 32.2. The number of hydrogen-bond donors (Lipinski definition) is 1. The van der Waals surface area contributed by atoms with Crippen molar-refractivity contribution in [2.45, 2.75) is 52.0 Å². The number of aromatic nitrogens is 2. The van der Waals surface area contributed by atoms with Crippen LogP contribution in [-0.2, 0) is 14.8 Å². The van der Waals surface area contributed by atoms with Crippen LogP contribution in [0.1, 0.15) is 47.4 Å². The molecule has 12 nitrogen and oxygen atoms in total. The molecule has 0 aliphatic carbocycles. The quantitative estimate of drug-likeness (QED) is 0.299. The molecule has 1 aromatic heterocycles. The predicted molar refractivity (Wildman–Crippen MR) is 148 cm³/mol. The SMILES string of the molecule is CC[C@H](C)NS(=O)(=O)c1cc([N+](=O)[O-])ccc1Oc1c(C)c(C(=O)N2CCOCC2)nn1-c1cc(C)ccc1C. The van der Waals surface area contributed by atoms with Gasteiger partial charge in [-0.2, -0.15) is 9.78 Å². The Bertz CT molecular complexity index is 1540. The number of ether oxygens (including phenoxy) is 2. The lowest BCUT2D eigenvalue weighted by molar-refractivity contribution is -0.385. The second-order valence-corrected chi connectivity index (χ2v) is 11.5. The number of amides is 1. The number of nitro benzene ring substituents is 1. The summed E-state index contributed by atoms with van der Waals surface area (Å²) in [4.78, 5) is 25.6. The van der Waals surface area contributed by atoms with E-state index in [1.54, 1.807) is 18.7 Å².